The molecule has 1 fully saturated rings. The number of morpholine rings is 1. The summed E-state index contributed by atoms with van der Waals surface area (Å²) in [6, 6.07) is 7.89. The Morgan fingerprint density at radius 1 is 1.36 bits per heavy atom. The third-order valence-electron chi connectivity index (χ3n) is 4.04. The molecule has 0 atom stereocenters. The van der Waals surface area contributed by atoms with E-state index in [0.29, 0.717) is 6.42 Å². The lowest BCUT2D eigenvalue weighted by molar-refractivity contribution is -0.130. The Morgan fingerprint density at radius 3 is 2.86 bits per heavy atom. The van der Waals surface area contributed by atoms with Gasteiger partial charge in [0.1, 0.15) is 5.75 Å². The fourth-order valence-corrected chi connectivity index (χ4v) is 2.51. The topological polar surface area (TPSA) is 42.0 Å². The van der Waals surface area contributed by atoms with E-state index in [2.05, 4.69) is 4.90 Å². The van der Waals surface area contributed by atoms with Crippen molar-refractivity contribution in [3.8, 4) is 5.75 Å². The first-order valence-corrected chi connectivity index (χ1v) is 7.86. The number of likely N-dealkylation sites (N-methyl/N-ethyl adjacent to an activating group) is 1. The van der Waals surface area contributed by atoms with Gasteiger partial charge in [0.2, 0.25) is 5.91 Å². The molecule has 1 saturated heterocycles. The fourth-order valence-electron chi connectivity index (χ4n) is 2.51. The second-order valence-electron chi connectivity index (χ2n) is 5.62. The summed E-state index contributed by atoms with van der Waals surface area (Å²) in [5.41, 5.74) is 1.13. The minimum Gasteiger partial charge on any atom is -0.497 e. The Morgan fingerprint density at radius 2 is 2.14 bits per heavy atom. The van der Waals surface area contributed by atoms with Gasteiger partial charge >= 0.3 is 0 Å². The van der Waals surface area contributed by atoms with Gasteiger partial charge in [-0.3, -0.25) is 9.69 Å². The number of carbonyl (C=O) groups is 1. The van der Waals surface area contributed by atoms with E-state index < -0.39 is 0 Å². The molecule has 0 saturated carbocycles. The number of hydrogen-bond donors (Lipinski definition) is 0. The molecule has 5 heteroatoms. The second-order valence-corrected chi connectivity index (χ2v) is 5.62. The highest BCUT2D eigenvalue weighted by atomic mass is 16.5. The van der Waals surface area contributed by atoms with Gasteiger partial charge in [-0.25, -0.2) is 0 Å². The number of rotatable bonds is 7. The number of aryl methyl sites for hydroxylation is 1. The van der Waals surface area contributed by atoms with Crippen molar-refractivity contribution in [2.75, 3.05) is 53.6 Å². The molecule has 0 spiro atoms. The van der Waals surface area contributed by atoms with E-state index in [4.69, 9.17) is 9.47 Å². The molecular weight excluding hydrogens is 280 g/mol. The molecule has 5 nitrogen and oxygen atoms in total. The molecule has 0 radical (unpaired) electrons. The Labute approximate surface area is 132 Å². The number of hydrogen-bond acceptors (Lipinski definition) is 4. The van der Waals surface area contributed by atoms with Crippen LogP contribution in [0.1, 0.15) is 12.0 Å². The van der Waals surface area contributed by atoms with Gasteiger partial charge in [-0.15, -0.1) is 0 Å². The summed E-state index contributed by atoms with van der Waals surface area (Å²) < 4.78 is 10.5. The Kier molecular flexibility index (Phi) is 6.68. The number of ether oxygens (including phenoxy) is 2. The molecule has 1 amide bonds. The fraction of sp³-hybridized carbons (Fsp3) is 0.588. The smallest absolute Gasteiger partial charge is 0.222 e. The van der Waals surface area contributed by atoms with Crippen LogP contribution in [0.4, 0.5) is 0 Å². The van der Waals surface area contributed by atoms with Crippen LogP contribution in [0.3, 0.4) is 0 Å². The van der Waals surface area contributed by atoms with Gasteiger partial charge in [0.05, 0.1) is 20.3 Å². The van der Waals surface area contributed by atoms with E-state index in [1.54, 1.807) is 7.11 Å². The lowest BCUT2D eigenvalue weighted by Gasteiger charge is -2.28. The molecule has 1 heterocycles. The average Bonchev–Trinajstić information content (AvgIpc) is 2.58. The molecule has 0 unspecified atom stereocenters. The highest BCUT2D eigenvalue weighted by molar-refractivity contribution is 5.76. The van der Waals surface area contributed by atoms with Gasteiger partial charge in [0.15, 0.2) is 0 Å². The number of nitrogens with zero attached hydrogens (tertiary/aromatic N) is 2. The average molecular weight is 306 g/mol. The molecule has 0 aliphatic carbocycles. The first-order valence-electron chi connectivity index (χ1n) is 7.86. The quantitative estimate of drug-likeness (QED) is 0.764. The first kappa shape index (κ1) is 16.8. The molecule has 1 aliphatic rings. The van der Waals surface area contributed by atoms with Crippen LogP contribution in [0.5, 0.6) is 5.75 Å². The molecule has 2 rings (SSSR count). The van der Waals surface area contributed by atoms with Crippen molar-refractivity contribution in [2.24, 2.45) is 0 Å². The van der Waals surface area contributed by atoms with Gasteiger partial charge in [-0.05, 0) is 24.1 Å². The van der Waals surface area contributed by atoms with Crippen LogP contribution in [0.15, 0.2) is 24.3 Å². The van der Waals surface area contributed by atoms with Crippen molar-refractivity contribution in [1.82, 2.24) is 9.80 Å². The maximum atomic E-state index is 12.2. The van der Waals surface area contributed by atoms with Crippen LogP contribution in [-0.4, -0.2) is 69.3 Å². The van der Waals surface area contributed by atoms with Gasteiger partial charge in [-0.1, -0.05) is 12.1 Å². The normalized spacial score (nSPS) is 15.5. The van der Waals surface area contributed by atoms with Crippen LogP contribution in [-0.2, 0) is 16.0 Å². The van der Waals surface area contributed by atoms with Gasteiger partial charge in [0, 0.05) is 39.6 Å². The number of amides is 1. The highest BCUT2D eigenvalue weighted by Gasteiger charge is 2.13. The Bertz CT molecular complexity index is 473. The third-order valence-corrected chi connectivity index (χ3v) is 4.04. The van der Waals surface area contributed by atoms with Crippen LogP contribution in [0.2, 0.25) is 0 Å². The molecule has 0 N–H and O–H groups in total. The summed E-state index contributed by atoms with van der Waals surface area (Å²) in [6.45, 7) is 5.22. The summed E-state index contributed by atoms with van der Waals surface area (Å²) in [7, 11) is 3.54. The van der Waals surface area contributed by atoms with E-state index in [-0.39, 0.29) is 5.91 Å². The van der Waals surface area contributed by atoms with E-state index in [1.807, 2.05) is 36.2 Å². The molecule has 0 aromatic heterocycles. The monoisotopic (exact) mass is 306 g/mol. The van der Waals surface area contributed by atoms with Crippen LogP contribution >= 0.6 is 0 Å². The van der Waals surface area contributed by atoms with E-state index >= 15 is 0 Å². The van der Waals surface area contributed by atoms with Gasteiger partial charge in [-0.2, -0.15) is 0 Å². The second kappa shape index (κ2) is 8.76. The van der Waals surface area contributed by atoms with Crippen molar-refractivity contribution >= 4 is 5.91 Å². The van der Waals surface area contributed by atoms with Crippen molar-refractivity contribution in [3.05, 3.63) is 29.8 Å². The molecule has 0 bridgehead atoms. The summed E-state index contributed by atoms with van der Waals surface area (Å²) >= 11 is 0. The maximum absolute atomic E-state index is 12.2. The lowest BCUT2D eigenvalue weighted by atomic mass is 10.1. The zero-order valence-corrected chi connectivity index (χ0v) is 13.6. The minimum absolute atomic E-state index is 0.191. The van der Waals surface area contributed by atoms with Crippen molar-refractivity contribution in [1.29, 1.82) is 0 Å². The SMILES string of the molecule is COc1cccc(CCC(=O)N(C)CCN2CCOCC2)c1. The minimum atomic E-state index is 0.191. The Hall–Kier alpha value is -1.59. The predicted octanol–water partition coefficient (Wildman–Crippen LogP) is 1.42. The highest BCUT2D eigenvalue weighted by Crippen LogP contribution is 2.14. The van der Waals surface area contributed by atoms with Crippen LogP contribution in [0, 0.1) is 0 Å². The molecule has 1 aromatic carbocycles. The molecule has 122 valence electrons. The maximum Gasteiger partial charge on any atom is 0.222 e. The largest absolute Gasteiger partial charge is 0.497 e. The number of benzene rings is 1. The summed E-state index contributed by atoms with van der Waals surface area (Å²) in [4.78, 5) is 16.4. The summed E-state index contributed by atoms with van der Waals surface area (Å²) in [6.07, 6.45) is 1.28. The number of methoxy groups -OCH3 is 1. The van der Waals surface area contributed by atoms with Crippen LogP contribution in [0.25, 0.3) is 0 Å². The molecule has 1 aromatic rings. The van der Waals surface area contributed by atoms with Gasteiger partial charge in [0.25, 0.3) is 0 Å². The van der Waals surface area contributed by atoms with Crippen molar-refractivity contribution in [3.63, 3.8) is 0 Å². The lowest BCUT2D eigenvalue weighted by Crippen LogP contribution is -2.41. The van der Waals surface area contributed by atoms with Crippen LogP contribution < -0.4 is 4.74 Å². The zero-order chi connectivity index (χ0) is 15.8. The summed E-state index contributed by atoms with van der Waals surface area (Å²) in [5, 5.41) is 0. The standard InChI is InChI=1S/C17H26N2O3/c1-18(8-9-19-10-12-22-13-11-19)17(20)7-6-15-4-3-5-16(14-15)21-2/h3-5,14H,6-13H2,1-2H3. The third kappa shape index (κ3) is 5.31. The van der Waals surface area contributed by atoms with Gasteiger partial charge < -0.3 is 14.4 Å². The Balaban J connectivity index is 1.71. The molecule has 1 aliphatic heterocycles. The van der Waals surface area contributed by atoms with Crippen molar-refractivity contribution in [2.45, 2.75) is 12.8 Å². The van der Waals surface area contributed by atoms with E-state index in [0.717, 1.165) is 57.1 Å². The predicted molar refractivity (Wildman–Crippen MR) is 86.2 cm³/mol. The van der Waals surface area contributed by atoms with Crippen molar-refractivity contribution < 1.29 is 14.3 Å². The van der Waals surface area contributed by atoms with E-state index in [9.17, 15) is 4.79 Å². The molecular formula is C17H26N2O3. The van der Waals surface area contributed by atoms with E-state index in [1.165, 1.54) is 0 Å². The first-order chi connectivity index (χ1) is 10.7. The number of carbonyl (C=O) groups excluding carboxylic acids is 1. The zero-order valence-electron chi connectivity index (χ0n) is 13.6. The molecule has 22 heavy (non-hydrogen) atoms. The summed E-state index contributed by atoms with van der Waals surface area (Å²) in [5.74, 6) is 1.03.